The second kappa shape index (κ2) is 7.46. The minimum Gasteiger partial charge on any atom is -0.496 e. The van der Waals surface area contributed by atoms with Crippen molar-refractivity contribution >= 4 is 5.97 Å². The number of hydrogen-bond acceptors (Lipinski definition) is 3. The fourth-order valence-electron chi connectivity index (χ4n) is 2.57. The van der Waals surface area contributed by atoms with Crippen LogP contribution in [0.5, 0.6) is 5.75 Å². The van der Waals surface area contributed by atoms with E-state index in [0.29, 0.717) is 6.42 Å². The Balaban J connectivity index is 2.22. The van der Waals surface area contributed by atoms with Gasteiger partial charge in [-0.2, -0.15) is 5.26 Å². The average molecular weight is 309 g/mol. The number of benzene rings is 2. The quantitative estimate of drug-likeness (QED) is 0.881. The van der Waals surface area contributed by atoms with Gasteiger partial charge in [-0.25, -0.2) is 4.79 Å². The molecule has 0 aliphatic carbocycles. The van der Waals surface area contributed by atoms with Crippen molar-refractivity contribution in [1.82, 2.24) is 0 Å². The zero-order valence-corrected chi connectivity index (χ0v) is 13.2. The highest BCUT2D eigenvalue weighted by atomic mass is 16.5. The number of nitriles is 1. The Kier molecular flexibility index (Phi) is 5.37. The zero-order valence-electron chi connectivity index (χ0n) is 13.2. The first-order chi connectivity index (χ1) is 11.1. The van der Waals surface area contributed by atoms with Crippen LogP contribution >= 0.6 is 0 Å². The van der Waals surface area contributed by atoms with Gasteiger partial charge in [0.15, 0.2) is 0 Å². The maximum Gasteiger partial charge on any atom is 0.335 e. The van der Waals surface area contributed by atoms with Gasteiger partial charge in [0.2, 0.25) is 0 Å². The first-order valence-corrected chi connectivity index (χ1v) is 7.47. The zero-order chi connectivity index (χ0) is 16.8. The summed E-state index contributed by atoms with van der Waals surface area (Å²) in [5, 5.41) is 18.4. The molecule has 0 saturated heterocycles. The van der Waals surface area contributed by atoms with Crippen LogP contribution in [-0.2, 0) is 12.8 Å². The van der Waals surface area contributed by atoms with Gasteiger partial charge in [-0.05, 0) is 47.7 Å². The molecule has 1 unspecified atom stereocenters. The van der Waals surface area contributed by atoms with Crippen LogP contribution in [-0.4, -0.2) is 18.2 Å². The fraction of sp³-hybridized carbons (Fsp3) is 0.263. The molecule has 0 aliphatic heterocycles. The van der Waals surface area contributed by atoms with E-state index in [1.54, 1.807) is 19.2 Å². The van der Waals surface area contributed by atoms with Crippen molar-refractivity contribution in [1.29, 1.82) is 5.26 Å². The molecule has 0 fully saturated rings. The minimum atomic E-state index is -0.965. The lowest BCUT2D eigenvalue weighted by Crippen LogP contribution is -2.03. The van der Waals surface area contributed by atoms with Gasteiger partial charge in [-0.1, -0.05) is 31.2 Å². The van der Waals surface area contributed by atoms with Gasteiger partial charge < -0.3 is 9.84 Å². The third-order valence-corrected chi connectivity index (χ3v) is 3.88. The summed E-state index contributed by atoms with van der Waals surface area (Å²) in [6, 6.07) is 14.8. The molecule has 0 radical (unpaired) electrons. The number of methoxy groups -OCH3 is 1. The van der Waals surface area contributed by atoms with Crippen LogP contribution in [0.25, 0.3) is 0 Å². The van der Waals surface area contributed by atoms with E-state index in [2.05, 4.69) is 19.1 Å². The molecule has 1 N–H and O–H groups in total. The molecule has 0 amide bonds. The van der Waals surface area contributed by atoms with Gasteiger partial charge in [0.25, 0.3) is 0 Å². The van der Waals surface area contributed by atoms with E-state index >= 15 is 0 Å². The van der Waals surface area contributed by atoms with Crippen LogP contribution < -0.4 is 4.74 Å². The molecule has 4 nitrogen and oxygen atoms in total. The largest absolute Gasteiger partial charge is 0.496 e. The Morgan fingerprint density at radius 1 is 1.26 bits per heavy atom. The van der Waals surface area contributed by atoms with E-state index < -0.39 is 5.97 Å². The number of rotatable bonds is 6. The molecule has 0 bridgehead atoms. The molecule has 0 heterocycles. The molecule has 0 spiro atoms. The molecule has 4 heteroatoms. The Labute approximate surface area is 136 Å². The topological polar surface area (TPSA) is 70.3 Å². The molecular weight excluding hydrogens is 290 g/mol. The summed E-state index contributed by atoms with van der Waals surface area (Å²) in [6.45, 7) is 2.06. The smallest absolute Gasteiger partial charge is 0.335 e. The first-order valence-electron chi connectivity index (χ1n) is 7.47. The molecule has 0 aliphatic rings. The van der Waals surface area contributed by atoms with Gasteiger partial charge in [0, 0.05) is 0 Å². The fourth-order valence-corrected chi connectivity index (χ4v) is 2.57. The van der Waals surface area contributed by atoms with E-state index in [1.165, 1.54) is 12.1 Å². The number of carbonyl (C=O) groups is 1. The van der Waals surface area contributed by atoms with E-state index in [-0.39, 0.29) is 11.5 Å². The number of nitrogens with zero attached hydrogens (tertiary/aromatic N) is 1. The van der Waals surface area contributed by atoms with E-state index in [0.717, 1.165) is 28.9 Å². The standard InChI is InChI=1S/C19H19NO3/c1-3-14-10-13(4-9-18(14)23-2)11-17(12-20)15-5-7-16(8-6-15)19(21)22/h4-10,17H,3,11H2,1-2H3,(H,21,22). The molecule has 2 aromatic rings. The molecular formula is C19H19NO3. The lowest BCUT2D eigenvalue weighted by atomic mass is 9.91. The van der Waals surface area contributed by atoms with Crippen molar-refractivity contribution in [2.45, 2.75) is 25.7 Å². The minimum absolute atomic E-state index is 0.225. The summed E-state index contributed by atoms with van der Waals surface area (Å²) in [4.78, 5) is 10.9. The van der Waals surface area contributed by atoms with Crippen molar-refractivity contribution in [2.24, 2.45) is 0 Å². The lowest BCUT2D eigenvalue weighted by molar-refractivity contribution is 0.0697. The summed E-state index contributed by atoms with van der Waals surface area (Å²) < 4.78 is 5.32. The summed E-state index contributed by atoms with van der Waals surface area (Å²) in [7, 11) is 1.65. The van der Waals surface area contributed by atoms with Crippen LogP contribution in [0.3, 0.4) is 0 Å². The van der Waals surface area contributed by atoms with Crippen molar-refractivity contribution in [3.63, 3.8) is 0 Å². The molecule has 1 atom stereocenters. The van der Waals surface area contributed by atoms with E-state index in [9.17, 15) is 10.1 Å². The van der Waals surface area contributed by atoms with E-state index in [1.807, 2.05) is 12.1 Å². The number of ether oxygens (including phenoxy) is 1. The van der Waals surface area contributed by atoms with Gasteiger partial charge >= 0.3 is 5.97 Å². The number of aryl methyl sites for hydroxylation is 1. The van der Waals surface area contributed by atoms with Crippen LogP contribution in [0, 0.1) is 11.3 Å². The number of carboxylic acids is 1. The molecule has 0 saturated carbocycles. The van der Waals surface area contributed by atoms with Crippen molar-refractivity contribution in [3.05, 3.63) is 64.7 Å². The third-order valence-electron chi connectivity index (χ3n) is 3.88. The maximum absolute atomic E-state index is 10.9. The number of aromatic carboxylic acids is 1. The summed E-state index contributed by atoms with van der Waals surface area (Å²) >= 11 is 0. The monoisotopic (exact) mass is 309 g/mol. The van der Waals surface area contributed by atoms with Gasteiger partial charge in [0.05, 0.1) is 24.7 Å². The molecule has 23 heavy (non-hydrogen) atoms. The second-order valence-electron chi connectivity index (χ2n) is 5.31. The van der Waals surface area contributed by atoms with Crippen molar-refractivity contribution < 1.29 is 14.6 Å². The first kappa shape index (κ1) is 16.6. The highest BCUT2D eigenvalue weighted by Crippen LogP contribution is 2.25. The highest BCUT2D eigenvalue weighted by molar-refractivity contribution is 5.87. The highest BCUT2D eigenvalue weighted by Gasteiger charge is 2.14. The molecule has 118 valence electrons. The van der Waals surface area contributed by atoms with Crippen LogP contribution in [0.2, 0.25) is 0 Å². The maximum atomic E-state index is 10.9. The summed E-state index contributed by atoms with van der Waals surface area (Å²) in [5.41, 5.74) is 3.23. The van der Waals surface area contributed by atoms with E-state index in [4.69, 9.17) is 9.84 Å². The van der Waals surface area contributed by atoms with Crippen molar-refractivity contribution in [2.75, 3.05) is 7.11 Å². The predicted molar refractivity (Wildman–Crippen MR) is 87.8 cm³/mol. The Morgan fingerprint density at radius 2 is 1.96 bits per heavy atom. The number of hydrogen-bond donors (Lipinski definition) is 1. The van der Waals surface area contributed by atoms with Crippen LogP contribution in [0.4, 0.5) is 0 Å². The molecule has 0 aromatic heterocycles. The van der Waals surface area contributed by atoms with Gasteiger partial charge in [-0.15, -0.1) is 0 Å². The van der Waals surface area contributed by atoms with Gasteiger partial charge in [0.1, 0.15) is 5.75 Å². The normalized spacial score (nSPS) is 11.5. The SMILES string of the molecule is CCc1cc(CC(C#N)c2ccc(C(=O)O)cc2)ccc1OC. The molecule has 2 rings (SSSR count). The Bertz CT molecular complexity index is 729. The summed E-state index contributed by atoms with van der Waals surface area (Å²) in [5.74, 6) is -0.417. The average Bonchev–Trinajstić information content (AvgIpc) is 2.59. The Morgan fingerprint density at radius 3 is 2.48 bits per heavy atom. The second-order valence-corrected chi connectivity index (χ2v) is 5.31. The van der Waals surface area contributed by atoms with Crippen LogP contribution in [0.1, 0.15) is 39.9 Å². The van der Waals surface area contributed by atoms with Crippen molar-refractivity contribution in [3.8, 4) is 11.8 Å². The Hall–Kier alpha value is -2.80. The van der Waals surface area contributed by atoms with Gasteiger partial charge in [-0.3, -0.25) is 0 Å². The lowest BCUT2D eigenvalue weighted by Gasteiger charge is -2.13. The van der Waals surface area contributed by atoms with Crippen LogP contribution in [0.15, 0.2) is 42.5 Å². The third kappa shape index (κ3) is 3.89. The molecule has 2 aromatic carbocycles. The summed E-state index contributed by atoms with van der Waals surface area (Å²) in [6.07, 6.45) is 1.45. The predicted octanol–water partition coefficient (Wildman–Crippen LogP) is 3.81. The number of carboxylic acid groups (broad SMARTS) is 1.